The van der Waals surface area contributed by atoms with Crippen LogP contribution in [0.15, 0.2) is 45.9 Å². The molecule has 0 N–H and O–H groups in total. The molecule has 0 unspecified atom stereocenters. The topological polar surface area (TPSA) is 66.9 Å². The molecular formula is C25H29N5O2. The molecular weight excluding hydrogens is 402 g/mol. The van der Waals surface area contributed by atoms with Gasteiger partial charge < -0.3 is 13.7 Å². The second kappa shape index (κ2) is 7.74. The summed E-state index contributed by atoms with van der Waals surface area (Å²) in [6.07, 6.45) is 4.62. The summed E-state index contributed by atoms with van der Waals surface area (Å²) in [4.78, 5) is 27.0. The summed E-state index contributed by atoms with van der Waals surface area (Å²) in [6.45, 7) is 10.4. The molecule has 32 heavy (non-hydrogen) atoms. The van der Waals surface area contributed by atoms with Crippen LogP contribution in [0.2, 0.25) is 0 Å². The van der Waals surface area contributed by atoms with Gasteiger partial charge in [0.05, 0.1) is 16.8 Å². The normalized spacial score (nSPS) is 19.8. The molecule has 5 rings (SSSR count). The zero-order valence-corrected chi connectivity index (χ0v) is 19.3. The molecule has 7 nitrogen and oxygen atoms in total. The minimum atomic E-state index is -0.336. The van der Waals surface area contributed by atoms with Crippen LogP contribution in [0, 0.1) is 6.92 Å². The van der Waals surface area contributed by atoms with Gasteiger partial charge in [-0.3, -0.25) is 9.88 Å². The first-order valence-corrected chi connectivity index (χ1v) is 11.2. The summed E-state index contributed by atoms with van der Waals surface area (Å²) in [5.74, 6) is 0.473. The van der Waals surface area contributed by atoms with Crippen molar-refractivity contribution in [3.05, 3.63) is 58.5 Å². The third-order valence-electron chi connectivity index (χ3n) is 6.69. The van der Waals surface area contributed by atoms with Crippen LogP contribution in [0.1, 0.15) is 32.2 Å². The molecule has 2 atom stereocenters. The van der Waals surface area contributed by atoms with Gasteiger partial charge in [0.2, 0.25) is 0 Å². The molecule has 4 aromatic rings. The maximum Gasteiger partial charge on any atom is 0.344 e. The Labute approximate surface area is 187 Å². The van der Waals surface area contributed by atoms with Crippen LogP contribution in [-0.2, 0) is 6.42 Å². The third kappa shape index (κ3) is 3.46. The lowest BCUT2D eigenvalue weighted by atomic mass is 10.1. The zero-order chi connectivity index (χ0) is 22.6. The Morgan fingerprint density at radius 1 is 1.09 bits per heavy atom. The van der Waals surface area contributed by atoms with Crippen LogP contribution in [0.25, 0.3) is 27.9 Å². The van der Waals surface area contributed by atoms with Crippen LogP contribution in [-0.4, -0.2) is 51.5 Å². The number of anilines is 1. The number of hydrogen-bond donors (Lipinski definition) is 0. The number of benzene rings is 1. The second-order valence-corrected chi connectivity index (χ2v) is 8.98. The number of aryl methyl sites for hydroxylation is 2. The molecule has 7 heteroatoms. The van der Waals surface area contributed by atoms with E-state index in [1.807, 2.05) is 41.9 Å². The van der Waals surface area contributed by atoms with Gasteiger partial charge in [0.1, 0.15) is 5.69 Å². The fourth-order valence-corrected chi connectivity index (χ4v) is 4.67. The maximum absolute atomic E-state index is 12.9. The van der Waals surface area contributed by atoms with Crippen molar-refractivity contribution < 1.29 is 4.42 Å². The minimum absolute atomic E-state index is 0.336. The summed E-state index contributed by atoms with van der Waals surface area (Å²) < 4.78 is 7.69. The maximum atomic E-state index is 12.9. The molecule has 0 spiro atoms. The van der Waals surface area contributed by atoms with E-state index in [1.165, 1.54) is 0 Å². The monoisotopic (exact) mass is 431 g/mol. The van der Waals surface area contributed by atoms with E-state index in [1.54, 1.807) is 0 Å². The van der Waals surface area contributed by atoms with Crippen molar-refractivity contribution in [2.75, 3.05) is 25.0 Å². The number of imidazole rings is 1. The number of aromatic nitrogens is 3. The van der Waals surface area contributed by atoms with Crippen molar-refractivity contribution >= 4 is 22.1 Å². The Hall–Kier alpha value is -3.19. The fraction of sp³-hybridized carbons (Fsp3) is 0.400. The summed E-state index contributed by atoms with van der Waals surface area (Å²) in [5, 5.41) is 1.46. The van der Waals surface area contributed by atoms with Crippen molar-refractivity contribution in [1.29, 1.82) is 0 Å². The van der Waals surface area contributed by atoms with Gasteiger partial charge in [0, 0.05) is 43.3 Å². The van der Waals surface area contributed by atoms with E-state index in [9.17, 15) is 4.79 Å². The predicted molar refractivity (Wildman–Crippen MR) is 127 cm³/mol. The quantitative estimate of drug-likeness (QED) is 0.490. The van der Waals surface area contributed by atoms with E-state index < -0.39 is 0 Å². The first-order chi connectivity index (χ1) is 15.3. The first kappa shape index (κ1) is 20.7. The third-order valence-corrected chi connectivity index (χ3v) is 6.69. The summed E-state index contributed by atoms with van der Waals surface area (Å²) >= 11 is 0. The molecule has 4 heterocycles. The molecule has 1 aromatic carbocycles. The standard InChI is InChI=1S/C25H29N5O2/c1-6-21-24-27-22(14-30(24)11-15(2)26-21)23-9-18-7-8-19(10-20(18)25(31)32-23)29-12-16(3)28(5)17(4)13-29/h7-11,14,16-17H,6,12-13H2,1-5H3/t16-,17+. The van der Waals surface area contributed by atoms with E-state index in [2.05, 4.69) is 48.7 Å². The van der Waals surface area contributed by atoms with Gasteiger partial charge >= 0.3 is 5.63 Å². The average molecular weight is 432 g/mol. The number of piperazine rings is 1. The van der Waals surface area contributed by atoms with E-state index in [-0.39, 0.29) is 5.63 Å². The molecule has 1 aliphatic heterocycles. The molecule has 3 aromatic heterocycles. The highest BCUT2D eigenvalue weighted by Crippen LogP contribution is 2.27. The van der Waals surface area contributed by atoms with E-state index in [4.69, 9.17) is 9.40 Å². The van der Waals surface area contributed by atoms with Crippen molar-refractivity contribution in [2.45, 2.75) is 46.2 Å². The molecule has 166 valence electrons. The Balaban J connectivity index is 1.54. The fourth-order valence-electron chi connectivity index (χ4n) is 4.67. The Kier molecular flexibility index (Phi) is 5.01. The lowest BCUT2D eigenvalue weighted by molar-refractivity contribution is 0.170. The van der Waals surface area contributed by atoms with Crippen molar-refractivity contribution in [3.8, 4) is 11.5 Å². The average Bonchev–Trinajstić information content (AvgIpc) is 3.20. The van der Waals surface area contributed by atoms with Gasteiger partial charge in [-0.2, -0.15) is 0 Å². The summed E-state index contributed by atoms with van der Waals surface area (Å²) in [6, 6.07) is 8.88. The van der Waals surface area contributed by atoms with Crippen molar-refractivity contribution in [2.24, 2.45) is 0 Å². The van der Waals surface area contributed by atoms with E-state index in [0.29, 0.717) is 28.9 Å². The molecule has 0 amide bonds. The Morgan fingerprint density at radius 2 is 1.84 bits per heavy atom. The molecule has 1 aliphatic rings. The van der Waals surface area contributed by atoms with Crippen LogP contribution < -0.4 is 10.5 Å². The highest BCUT2D eigenvalue weighted by molar-refractivity contribution is 5.87. The summed E-state index contributed by atoms with van der Waals surface area (Å²) in [7, 11) is 2.17. The molecule has 0 saturated carbocycles. The Bertz CT molecular complexity index is 1360. The van der Waals surface area contributed by atoms with Gasteiger partial charge in [-0.05, 0) is 57.8 Å². The SMILES string of the molecule is CCc1nc(C)cn2cc(-c3cc4ccc(N5C[C@@H](C)N(C)[C@@H](C)C5)cc4c(=O)o3)nc12. The van der Waals surface area contributed by atoms with Crippen LogP contribution in [0.3, 0.4) is 0 Å². The molecule has 1 saturated heterocycles. The predicted octanol–water partition coefficient (Wildman–Crippen LogP) is 3.90. The minimum Gasteiger partial charge on any atom is -0.421 e. The Morgan fingerprint density at radius 3 is 2.56 bits per heavy atom. The highest BCUT2D eigenvalue weighted by Gasteiger charge is 2.27. The lowest BCUT2D eigenvalue weighted by Gasteiger charge is -2.43. The van der Waals surface area contributed by atoms with Gasteiger partial charge in [0.15, 0.2) is 11.4 Å². The van der Waals surface area contributed by atoms with Crippen LogP contribution >= 0.6 is 0 Å². The number of rotatable bonds is 3. The molecule has 1 fully saturated rings. The van der Waals surface area contributed by atoms with Gasteiger partial charge in [-0.15, -0.1) is 0 Å². The van der Waals surface area contributed by atoms with Crippen molar-refractivity contribution in [3.63, 3.8) is 0 Å². The lowest BCUT2D eigenvalue weighted by Crippen LogP contribution is -2.55. The number of hydrogen-bond acceptors (Lipinski definition) is 6. The highest BCUT2D eigenvalue weighted by atomic mass is 16.4. The first-order valence-electron chi connectivity index (χ1n) is 11.2. The smallest absolute Gasteiger partial charge is 0.344 e. The zero-order valence-electron chi connectivity index (χ0n) is 19.3. The van der Waals surface area contributed by atoms with Crippen LogP contribution in [0.4, 0.5) is 5.69 Å². The molecule has 0 bridgehead atoms. The number of likely N-dealkylation sites (N-methyl/N-ethyl adjacent to an activating group) is 1. The van der Waals surface area contributed by atoms with Gasteiger partial charge in [-0.25, -0.2) is 9.78 Å². The van der Waals surface area contributed by atoms with Gasteiger partial charge in [-0.1, -0.05) is 13.0 Å². The van der Waals surface area contributed by atoms with E-state index in [0.717, 1.165) is 47.6 Å². The second-order valence-electron chi connectivity index (χ2n) is 8.98. The van der Waals surface area contributed by atoms with Gasteiger partial charge in [0.25, 0.3) is 0 Å². The number of nitrogens with zero attached hydrogens (tertiary/aromatic N) is 5. The van der Waals surface area contributed by atoms with Crippen molar-refractivity contribution in [1.82, 2.24) is 19.3 Å². The van der Waals surface area contributed by atoms with E-state index >= 15 is 0 Å². The summed E-state index contributed by atoms with van der Waals surface area (Å²) in [5.41, 5.74) is 4.02. The van der Waals surface area contributed by atoms with Crippen LogP contribution in [0.5, 0.6) is 0 Å². The number of fused-ring (bicyclic) bond motifs is 2. The molecule has 0 radical (unpaired) electrons. The molecule has 0 aliphatic carbocycles. The largest absolute Gasteiger partial charge is 0.421 e.